The molecule has 1 unspecified atom stereocenters. The van der Waals surface area contributed by atoms with Gasteiger partial charge in [0.1, 0.15) is 5.82 Å². The molecule has 0 bridgehead atoms. The normalized spacial score (nSPS) is 16.5. The Morgan fingerprint density at radius 1 is 1.33 bits per heavy atom. The quantitative estimate of drug-likeness (QED) is 0.746. The first kappa shape index (κ1) is 17.2. The summed E-state index contributed by atoms with van der Waals surface area (Å²) in [5, 5.41) is 2.92. The lowest BCUT2D eigenvalue weighted by molar-refractivity contribution is 0.0936. The van der Waals surface area contributed by atoms with Crippen molar-refractivity contribution in [2.24, 2.45) is 0 Å². The molecule has 0 saturated carbocycles. The van der Waals surface area contributed by atoms with Gasteiger partial charge in [-0.1, -0.05) is 6.07 Å². The number of halogens is 1. The highest BCUT2D eigenvalue weighted by atomic mass is 19.1. The average molecular weight is 365 g/mol. The highest BCUT2D eigenvalue weighted by molar-refractivity contribution is 5.94. The van der Waals surface area contributed by atoms with Crippen LogP contribution in [-0.2, 0) is 0 Å². The van der Waals surface area contributed by atoms with Gasteiger partial charge in [-0.2, -0.15) is 0 Å². The largest absolute Gasteiger partial charge is 0.360 e. The zero-order valence-electron chi connectivity index (χ0n) is 14.9. The monoisotopic (exact) mass is 365 g/mol. The van der Waals surface area contributed by atoms with Gasteiger partial charge in [-0.3, -0.25) is 4.79 Å². The lowest BCUT2D eigenvalue weighted by Gasteiger charge is -2.17. The molecule has 0 radical (unpaired) electrons. The van der Waals surface area contributed by atoms with Gasteiger partial charge in [0.25, 0.3) is 5.91 Å². The van der Waals surface area contributed by atoms with Crippen molar-refractivity contribution in [2.75, 3.05) is 18.0 Å². The summed E-state index contributed by atoms with van der Waals surface area (Å²) in [5.74, 6) is -0.259. The van der Waals surface area contributed by atoms with Crippen LogP contribution in [0.2, 0.25) is 0 Å². The van der Waals surface area contributed by atoms with Gasteiger partial charge in [-0.25, -0.2) is 14.4 Å². The summed E-state index contributed by atoms with van der Waals surface area (Å²) in [7, 11) is 0. The van der Waals surface area contributed by atoms with E-state index >= 15 is 0 Å². The van der Waals surface area contributed by atoms with E-state index in [0.717, 1.165) is 29.9 Å². The van der Waals surface area contributed by atoms with E-state index in [1.165, 1.54) is 12.1 Å². The van der Waals surface area contributed by atoms with E-state index in [1.807, 2.05) is 29.3 Å². The van der Waals surface area contributed by atoms with E-state index in [4.69, 9.17) is 0 Å². The number of nitrogens with one attached hydrogen (secondary N) is 2. The minimum absolute atomic E-state index is 0.0732. The molecule has 0 aliphatic carbocycles. The molecule has 138 valence electrons. The van der Waals surface area contributed by atoms with Crippen LogP contribution in [0.3, 0.4) is 0 Å². The molecule has 1 fully saturated rings. The van der Waals surface area contributed by atoms with Gasteiger partial charge in [0.05, 0.1) is 17.0 Å². The number of anilines is 1. The molecule has 1 aliphatic rings. The first-order valence-electron chi connectivity index (χ1n) is 8.89. The maximum absolute atomic E-state index is 14.0. The van der Waals surface area contributed by atoms with Crippen LogP contribution < -0.4 is 10.2 Å². The van der Waals surface area contributed by atoms with Crippen molar-refractivity contribution in [2.45, 2.75) is 19.4 Å². The molecule has 6 nitrogen and oxygen atoms in total. The van der Waals surface area contributed by atoms with Crippen LogP contribution in [0.4, 0.5) is 10.3 Å². The molecule has 1 aromatic carbocycles. The second-order valence-corrected chi connectivity index (χ2v) is 6.71. The SMILES string of the molecule is Cc1ccc(C(=O)NC2CCN(c3nccc(-c4ccc[nH]4)n3)C2)c(F)c1. The number of H-pyrrole nitrogens is 1. The second kappa shape index (κ2) is 7.19. The van der Waals surface area contributed by atoms with Gasteiger partial charge in [0.2, 0.25) is 5.95 Å². The van der Waals surface area contributed by atoms with E-state index in [-0.39, 0.29) is 17.5 Å². The summed E-state index contributed by atoms with van der Waals surface area (Å²) >= 11 is 0. The third kappa shape index (κ3) is 3.67. The molecule has 2 aromatic heterocycles. The minimum atomic E-state index is -0.496. The summed E-state index contributed by atoms with van der Waals surface area (Å²) in [5.41, 5.74) is 2.61. The Balaban J connectivity index is 1.43. The van der Waals surface area contributed by atoms with Crippen molar-refractivity contribution in [3.63, 3.8) is 0 Å². The Bertz CT molecular complexity index is 957. The molecule has 0 spiro atoms. The van der Waals surface area contributed by atoms with Gasteiger partial charge < -0.3 is 15.2 Å². The molecule has 4 rings (SSSR count). The maximum Gasteiger partial charge on any atom is 0.254 e. The van der Waals surface area contributed by atoms with Crippen molar-refractivity contribution in [1.29, 1.82) is 0 Å². The fourth-order valence-electron chi connectivity index (χ4n) is 3.27. The Hall–Kier alpha value is -3.22. The maximum atomic E-state index is 14.0. The topological polar surface area (TPSA) is 73.9 Å². The predicted molar refractivity (Wildman–Crippen MR) is 101 cm³/mol. The van der Waals surface area contributed by atoms with Crippen LogP contribution in [0.15, 0.2) is 48.8 Å². The molecular formula is C20H20FN5O. The number of amides is 1. The van der Waals surface area contributed by atoms with Crippen molar-refractivity contribution in [3.8, 4) is 11.4 Å². The van der Waals surface area contributed by atoms with Crippen molar-refractivity contribution in [3.05, 3.63) is 65.7 Å². The molecule has 3 aromatic rings. The number of hydrogen-bond acceptors (Lipinski definition) is 4. The highest BCUT2D eigenvalue weighted by Crippen LogP contribution is 2.20. The van der Waals surface area contributed by atoms with Gasteiger partial charge >= 0.3 is 0 Å². The number of aryl methyl sites for hydroxylation is 1. The molecule has 1 amide bonds. The number of carbonyl (C=O) groups is 1. The third-order valence-corrected chi connectivity index (χ3v) is 4.69. The Morgan fingerprint density at radius 2 is 2.22 bits per heavy atom. The van der Waals surface area contributed by atoms with E-state index in [2.05, 4.69) is 20.3 Å². The third-order valence-electron chi connectivity index (χ3n) is 4.69. The fraction of sp³-hybridized carbons (Fsp3) is 0.250. The molecule has 7 heteroatoms. The van der Waals surface area contributed by atoms with Gasteiger partial charge in [-0.15, -0.1) is 0 Å². The Kier molecular flexibility index (Phi) is 4.58. The van der Waals surface area contributed by atoms with Crippen LogP contribution in [0, 0.1) is 12.7 Å². The Morgan fingerprint density at radius 3 is 3.00 bits per heavy atom. The van der Waals surface area contributed by atoms with Crippen molar-refractivity contribution in [1.82, 2.24) is 20.3 Å². The van der Waals surface area contributed by atoms with E-state index in [1.54, 1.807) is 19.2 Å². The van der Waals surface area contributed by atoms with Gasteiger partial charge in [0.15, 0.2) is 0 Å². The van der Waals surface area contributed by atoms with E-state index < -0.39 is 5.82 Å². The second-order valence-electron chi connectivity index (χ2n) is 6.71. The summed E-state index contributed by atoms with van der Waals surface area (Å²) in [6, 6.07) is 10.3. The van der Waals surface area contributed by atoms with Crippen LogP contribution in [-0.4, -0.2) is 40.0 Å². The van der Waals surface area contributed by atoms with Gasteiger partial charge in [-0.05, 0) is 49.2 Å². The lowest BCUT2D eigenvalue weighted by atomic mass is 10.1. The van der Waals surface area contributed by atoms with E-state index in [0.29, 0.717) is 12.5 Å². The average Bonchev–Trinajstić information content (AvgIpc) is 3.34. The van der Waals surface area contributed by atoms with Crippen LogP contribution in [0.25, 0.3) is 11.4 Å². The smallest absolute Gasteiger partial charge is 0.254 e. The van der Waals surface area contributed by atoms with Gasteiger partial charge in [0, 0.05) is 31.5 Å². The molecular weight excluding hydrogens is 345 g/mol. The molecule has 27 heavy (non-hydrogen) atoms. The number of benzene rings is 1. The Labute approximate surface area is 156 Å². The molecule has 2 N–H and O–H groups in total. The lowest BCUT2D eigenvalue weighted by Crippen LogP contribution is -2.37. The zero-order chi connectivity index (χ0) is 18.8. The first-order chi connectivity index (χ1) is 13.1. The number of hydrogen-bond donors (Lipinski definition) is 2. The molecule has 1 atom stereocenters. The van der Waals surface area contributed by atoms with Crippen LogP contribution in [0.5, 0.6) is 0 Å². The summed E-state index contributed by atoms with van der Waals surface area (Å²) < 4.78 is 14.0. The number of nitrogens with zero attached hydrogens (tertiary/aromatic N) is 3. The number of carbonyl (C=O) groups excluding carboxylic acids is 1. The first-order valence-corrected chi connectivity index (χ1v) is 8.89. The molecule has 1 saturated heterocycles. The highest BCUT2D eigenvalue weighted by Gasteiger charge is 2.27. The summed E-state index contributed by atoms with van der Waals surface area (Å²) in [6.45, 7) is 3.11. The standard InChI is InChI=1S/C20H20FN5O/c1-13-4-5-15(16(21)11-13)19(27)24-14-7-10-26(12-14)20-23-9-6-18(25-20)17-3-2-8-22-17/h2-6,8-9,11,14,22H,7,10,12H2,1H3,(H,24,27). The number of aromatic nitrogens is 3. The molecule has 3 heterocycles. The van der Waals surface area contributed by atoms with Crippen LogP contribution in [0.1, 0.15) is 22.3 Å². The van der Waals surface area contributed by atoms with E-state index in [9.17, 15) is 9.18 Å². The minimum Gasteiger partial charge on any atom is -0.360 e. The summed E-state index contributed by atoms with van der Waals surface area (Å²) in [6.07, 6.45) is 4.34. The molecule has 1 aliphatic heterocycles. The van der Waals surface area contributed by atoms with Crippen LogP contribution >= 0.6 is 0 Å². The zero-order valence-corrected chi connectivity index (χ0v) is 14.9. The van der Waals surface area contributed by atoms with Crippen molar-refractivity contribution < 1.29 is 9.18 Å². The number of aromatic amines is 1. The summed E-state index contributed by atoms with van der Waals surface area (Å²) in [4.78, 5) is 26.5. The fourth-order valence-corrected chi connectivity index (χ4v) is 3.27. The van der Waals surface area contributed by atoms with Crippen molar-refractivity contribution >= 4 is 11.9 Å². The number of rotatable bonds is 4. The predicted octanol–water partition coefficient (Wildman–Crippen LogP) is 2.93.